The van der Waals surface area contributed by atoms with Gasteiger partial charge in [0.2, 0.25) is 11.8 Å². The molecule has 1 saturated heterocycles. The van der Waals surface area contributed by atoms with Crippen LogP contribution < -0.4 is 11.1 Å². The number of hydrogen-bond donors (Lipinski definition) is 2. The molecule has 0 aromatic heterocycles. The molecular formula is C12H23N3O2. The van der Waals surface area contributed by atoms with Crippen LogP contribution in [0.25, 0.3) is 0 Å². The van der Waals surface area contributed by atoms with Gasteiger partial charge in [0.05, 0.1) is 12.6 Å². The molecule has 0 aliphatic carbocycles. The summed E-state index contributed by atoms with van der Waals surface area (Å²) in [6, 6.07) is -0.125. The summed E-state index contributed by atoms with van der Waals surface area (Å²) in [5, 5.41) is 3.21. The van der Waals surface area contributed by atoms with Crippen LogP contribution in [0.3, 0.4) is 0 Å². The molecule has 3 N–H and O–H groups in total. The predicted octanol–water partition coefficient (Wildman–Crippen LogP) is 0.243. The van der Waals surface area contributed by atoms with Gasteiger partial charge >= 0.3 is 0 Å². The van der Waals surface area contributed by atoms with Crippen LogP contribution >= 0.6 is 0 Å². The third kappa shape index (κ3) is 4.73. The minimum Gasteiger partial charge on any atom is -0.368 e. The zero-order valence-electron chi connectivity index (χ0n) is 10.6. The largest absolute Gasteiger partial charge is 0.368 e. The number of nitrogens with zero attached hydrogens (tertiary/aromatic N) is 1. The molecule has 17 heavy (non-hydrogen) atoms. The number of carbonyl (C=O) groups is 2. The molecule has 1 fully saturated rings. The van der Waals surface area contributed by atoms with E-state index in [1.165, 1.54) is 0 Å². The average molecular weight is 241 g/mol. The Hall–Kier alpha value is -1.10. The fourth-order valence-electron chi connectivity index (χ4n) is 2.09. The van der Waals surface area contributed by atoms with E-state index in [0.29, 0.717) is 6.54 Å². The van der Waals surface area contributed by atoms with Crippen LogP contribution in [-0.2, 0) is 9.59 Å². The Balaban J connectivity index is 2.53. The number of rotatable bonds is 6. The van der Waals surface area contributed by atoms with Gasteiger partial charge < -0.3 is 16.0 Å². The van der Waals surface area contributed by atoms with E-state index in [0.717, 1.165) is 38.6 Å². The number of amides is 2. The molecule has 1 atom stereocenters. The van der Waals surface area contributed by atoms with E-state index in [2.05, 4.69) is 12.2 Å². The lowest BCUT2D eigenvalue weighted by Gasteiger charge is -2.29. The van der Waals surface area contributed by atoms with Crippen molar-refractivity contribution < 1.29 is 9.59 Å². The Morgan fingerprint density at radius 3 is 2.71 bits per heavy atom. The molecule has 1 aliphatic rings. The summed E-state index contributed by atoms with van der Waals surface area (Å²) in [5.41, 5.74) is 5.18. The van der Waals surface area contributed by atoms with E-state index in [1.807, 2.05) is 0 Å². The van der Waals surface area contributed by atoms with Crippen LogP contribution in [0.15, 0.2) is 0 Å². The lowest BCUT2D eigenvalue weighted by molar-refractivity contribution is -0.137. The van der Waals surface area contributed by atoms with Crippen molar-refractivity contribution in [2.24, 2.45) is 5.73 Å². The van der Waals surface area contributed by atoms with Crippen LogP contribution in [0.1, 0.15) is 39.0 Å². The highest BCUT2D eigenvalue weighted by atomic mass is 16.2. The number of hydrogen-bond acceptors (Lipinski definition) is 3. The van der Waals surface area contributed by atoms with Crippen molar-refractivity contribution in [3.05, 3.63) is 0 Å². The second-order valence-corrected chi connectivity index (χ2v) is 4.58. The van der Waals surface area contributed by atoms with Gasteiger partial charge in [0, 0.05) is 6.54 Å². The van der Waals surface area contributed by atoms with E-state index in [4.69, 9.17) is 5.73 Å². The number of primary amides is 1. The van der Waals surface area contributed by atoms with E-state index < -0.39 is 5.91 Å². The van der Waals surface area contributed by atoms with Crippen LogP contribution in [0.4, 0.5) is 0 Å². The minimum atomic E-state index is -0.440. The number of piperidine rings is 1. The first-order valence-corrected chi connectivity index (χ1v) is 6.45. The van der Waals surface area contributed by atoms with Crippen LogP contribution in [-0.4, -0.2) is 42.4 Å². The molecule has 2 amide bonds. The van der Waals surface area contributed by atoms with Gasteiger partial charge in [0.15, 0.2) is 0 Å². The second-order valence-electron chi connectivity index (χ2n) is 4.58. The summed E-state index contributed by atoms with van der Waals surface area (Å²) in [5.74, 6) is -0.415. The zero-order valence-corrected chi connectivity index (χ0v) is 10.6. The van der Waals surface area contributed by atoms with Gasteiger partial charge in [-0.15, -0.1) is 0 Å². The number of nitrogens with two attached hydrogens (primary N) is 1. The highest BCUT2D eigenvalue weighted by Crippen LogP contribution is 2.10. The molecular weight excluding hydrogens is 218 g/mol. The molecule has 1 rings (SSSR count). The van der Waals surface area contributed by atoms with Crippen LogP contribution in [0.5, 0.6) is 0 Å². The van der Waals surface area contributed by atoms with Crippen molar-refractivity contribution in [3.8, 4) is 0 Å². The summed E-state index contributed by atoms with van der Waals surface area (Å²) >= 11 is 0. The third-order valence-electron chi connectivity index (χ3n) is 3.05. The molecule has 0 aromatic carbocycles. The topological polar surface area (TPSA) is 75.4 Å². The summed E-state index contributed by atoms with van der Waals surface area (Å²) in [6.07, 6.45) is 4.96. The number of nitrogens with one attached hydrogen (secondary N) is 1. The molecule has 5 heteroatoms. The monoisotopic (exact) mass is 241 g/mol. The molecule has 5 nitrogen and oxygen atoms in total. The quantitative estimate of drug-likeness (QED) is 0.699. The van der Waals surface area contributed by atoms with Gasteiger partial charge in [-0.3, -0.25) is 9.59 Å². The molecule has 0 unspecified atom stereocenters. The summed E-state index contributed by atoms with van der Waals surface area (Å²) in [7, 11) is 0. The third-order valence-corrected chi connectivity index (χ3v) is 3.05. The maximum absolute atomic E-state index is 12.2. The predicted molar refractivity (Wildman–Crippen MR) is 66.3 cm³/mol. The highest BCUT2D eigenvalue weighted by Gasteiger charge is 2.25. The first-order chi connectivity index (χ1) is 8.15. The van der Waals surface area contributed by atoms with Gasteiger partial charge in [0.25, 0.3) is 0 Å². The van der Waals surface area contributed by atoms with E-state index in [-0.39, 0.29) is 18.5 Å². The molecule has 0 saturated carbocycles. The molecule has 0 radical (unpaired) electrons. The maximum Gasteiger partial charge on any atom is 0.240 e. The van der Waals surface area contributed by atoms with Crippen molar-refractivity contribution in [1.29, 1.82) is 0 Å². The second kappa shape index (κ2) is 7.27. The fraction of sp³-hybridized carbons (Fsp3) is 0.833. The smallest absolute Gasteiger partial charge is 0.240 e. The number of carbonyl (C=O) groups excluding carboxylic acids is 2. The molecule has 98 valence electrons. The van der Waals surface area contributed by atoms with Crippen LogP contribution in [0, 0.1) is 0 Å². The van der Waals surface area contributed by atoms with E-state index in [9.17, 15) is 9.59 Å². The van der Waals surface area contributed by atoms with Crippen molar-refractivity contribution in [3.63, 3.8) is 0 Å². The Bertz CT molecular complexity index is 262. The molecule has 0 bridgehead atoms. The summed E-state index contributed by atoms with van der Waals surface area (Å²) in [6.45, 7) is 3.61. The Morgan fingerprint density at radius 1 is 1.41 bits per heavy atom. The molecule has 0 spiro atoms. The lowest BCUT2D eigenvalue weighted by Crippen LogP contribution is -2.50. The van der Waals surface area contributed by atoms with Crippen molar-refractivity contribution >= 4 is 11.8 Å². The van der Waals surface area contributed by atoms with Crippen molar-refractivity contribution in [1.82, 2.24) is 10.2 Å². The normalized spacial score (nSPS) is 19.9. The molecule has 1 aliphatic heterocycles. The maximum atomic E-state index is 12.2. The van der Waals surface area contributed by atoms with E-state index >= 15 is 0 Å². The Morgan fingerprint density at radius 2 is 2.18 bits per heavy atom. The molecule has 1 heterocycles. The highest BCUT2D eigenvalue weighted by molar-refractivity contribution is 5.87. The van der Waals surface area contributed by atoms with Crippen molar-refractivity contribution in [2.45, 2.75) is 45.1 Å². The van der Waals surface area contributed by atoms with Crippen LogP contribution in [0.2, 0.25) is 0 Å². The average Bonchev–Trinajstić information content (AvgIpc) is 2.34. The summed E-state index contributed by atoms with van der Waals surface area (Å²) in [4.78, 5) is 24.8. The SMILES string of the molecule is CCCCN(CC(N)=O)C(=O)[C@H]1CCCCN1. The van der Waals surface area contributed by atoms with E-state index in [1.54, 1.807) is 4.90 Å². The van der Waals surface area contributed by atoms with Gasteiger partial charge in [-0.2, -0.15) is 0 Å². The summed E-state index contributed by atoms with van der Waals surface area (Å²) < 4.78 is 0. The minimum absolute atomic E-state index is 0.0250. The fourth-order valence-corrected chi connectivity index (χ4v) is 2.09. The standard InChI is InChI=1S/C12H23N3O2/c1-2-3-8-15(9-11(13)16)12(17)10-6-4-5-7-14-10/h10,14H,2-9H2,1H3,(H2,13,16)/t10-/m1/s1. The molecule has 0 aromatic rings. The van der Waals surface area contributed by atoms with Gasteiger partial charge in [-0.1, -0.05) is 19.8 Å². The first-order valence-electron chi connectivity index (χ1n) is 6.45. The van der Waals surface area contributed by atoms with Gasteiger partial charge in [0.1, 0.15) is 0 Å². The lowest BCUT2D eigenvalue weighted by atomic mass is 10.0. The Kier molecular flexibility index (Phi) is 5.97. The van der Waals surface area contributed by atoms with Gasteiger partial charge in [-0.05, 0) is 25.8 Å². The van der Waals surface area contributed by atoms with Gasteiger partial charge in [-0.25, -0.2) is 0 Å². The Labute approximate surface area is 103 Å². The first kappa shape index (κ1) is 14.0. The number of unbranched alkanes of at least 4 members (excludes halogenated alkanes) is 1. The zero-order chi connectivity index (χ0) is 12.7. The van der Waals surface area contributed by atoms with Crippen molar-refractivity contribution in [2.75, 3.05) is 19.6 Å².